The van der Waals surface area contributed by atoms with Crippen molar-refractivity contribution in [3.05, 3.63) is 15.0 Å². The van der Waals surface area contributed by atoms with Gasteiger partial charge in [0, 0.05) is 9.60 Å². The molecule has 50 valence electrons. The Kier molecular flexibility index (Phi) is 0.636. The highest BCUT2D eigenvalue weighted by Crippen LogP contribution is 2.26. The van der Waals surface area contributed by atoms with Gasteiger partial charge in [-0.1, -0.05) is 13.7 Å². The van der Waals surface area contributed by atoms with Crippen LogP contribution in [-0.2, 0) is 0 Å². The quantitative estimate of drug-likeness (QED) is 0.700. The molecule has 0 saturated heterocycles. The summed E-state index contributed by atoms with van der Waals surface area (Å²) < 4.78 is 58.7. The molecule has 9 heavy (non-hydrogen) atoms. The molecule has 0 saturated carbocycles. The first kappa shape index (κ1) is 2.05. The second kappa shape index (κ2) is 2.80. The molecule has 0 aliphatic rings. The van der Waals surface area contributed by atoms with Gasteiger partial charge in [-0.15, -0.1) is 11.3 Å². The number of aromatic nitrogens is 1. The van der Waals surface area contributed by atoms with Crippen LogP contribution in [0.1, 0.15) is 36.3 Å². The smallest absolute Gasteiger partial charge is 0.0960 e. The fourth-order valence-corrected chi connectivity index (χ4v) is 1.32. The van der Waals surface area contributed by atoms with Crippen LogP contribution in [0.5, 0.6) is 0 Å². The Bertz CT molecular complexity index is 407. The highest BCUT2D eigenvalue weighted by atomic mass is 79.9. The Labute approximate surface area is 78.5 Å². The van der Waals surface area contributed by atoms with Crippen LogP contribution in [0.15, 0.2) is 9.27 Å². The zero-order valence-electron chi connectivity index (χ0n) is 12.2. The second-order valence-corrected chi connectivity index (χ2v) is 3.42. The molecule has 0 aliphatic carbocycles. The Hall–Kier alpha value is 0.110. The molecule has 0 spiro atoms. The first-order valence-corrected chi connectivity index (χ1v) is 3.65. The van der Waals surface area contributed by atoms with Crippen molar-refractivity contribution in [2.45, 2.75) is 19.6 Å². The Balaban J connectivity index is 3.52. The van der Waals surface area contributed by atoms with Crippen LogP contribution in [-0.4, -0.2) is 4.98 Å². The molecule has 0 amide bonds. The summed E-state index contributed by atoms with van der Waals surface area (Å²) in [6.45, 7) is -6.14. The van der Waals surface area contributed by atoms with Crippen LogP contribution in [0, 0.1) is 0 Å². The summed E-state index contributed by atoms with van der Waals surface area (Å²) in [5.74, 6) is -2.84. The number of hydrogen-bond donors (Lipinski definition) is 0. The van der Waals surface area contributed by atoms with Crippen molar-refractivity contribution in [3.63, 3.8) is 0 Å². The minimum absolute atomic E-state index is 0.0877. The van der Waals surface area contributed by atoms with Crippen LogP contribution in [0.3, 0.4) is 0 Å². The van der Waals surface area contributed by atoms with Gasteiger partial charge in [0.2, 0.25) is 0 Å². The summed E-state index contributed by atoms with van der Waals surface area (Å²) in [5, 5.41) is 0. The average molecular weight is 214 g/mol. The predicted molar refractivity (Wildman–Crippen MR) is 43.9 cm³/mol. The minimum Gasteiger partial charge on any atom is -0.248 e. The SMILES string of the molecule is [2H]c1nc(C([2H])(C([2H])([2H])[2H])C([2H])([2H])[2H])c(Br)s1. The third kappa shape index (κ3) is 1.52. The van der Waals surface area contributed by atoms with Crippen molar-refractivity contribution in [2.24, 2.45) is 0 Å². The highest BCUT2D eigenvalue weighted by Gasteiger charge is 2.05. The molecule has 1 heterocycles. The van der Waals surface area contributed by atoms with Gasteiger partial charge < -0.3 is 0 Å². The molecule has 1 aromatic rings. The largest absolute Gasteiger partial charge is 0.248 e. The maximum atomic E-state index is 7.82. The molecule has 0 unspecified atom stereocenters. The van der Waals surface area contributed by atoms with Crippen molar-refractivity contribution < 1.29 is 11.0 Å². The van der Waals surface area contributed by atoms with Gasteiger partial charge in [-0.05, 0) is 21.8 Å². The molecule has 0 bridgehead atoms. The van der Waals surface area contributed by atoms with Gasteiger partial charge in [0.25, 0.3) is 0 Å². The van der Waals surface area contributed by atoms with E-state index in [1.807, 2.05) is 0 Å². The normalized spacial score (nSPS) is 27.7. The predicted octanol–water partition coefficient (Wildman–Crippen LogP) is 3.03. The van der Waals surface area contributed by atoms with Crippen LogP contribution >= 0.6 is 27.3 Å². The molecular formula is C6H8BrNS. The van der Waals surface area contributed by atoms with E-state index in [1.54, 1.807) is 0 Å². The molecule has 3 heteroatoms. The van der Waals surface area contributed by atoms with Crippen molar-refractivity contribution in [1.29, 1.82) is 0 Å². The molecule has 1 rings (SSSR count). The summed E-state index contributed by atoms with van der Waals surface area (Å²) in [7, 11) is 0. The Morgan fingerprint density at radius 3 is 3.33 bits per heavy atom. The second-order valence-electron chi connectivity index (χ2n) is 1.30. The van der Waals surface area contributed by atoms with Gasteiger partial charge in [-0.25, -0.2) is 4.98 Å². The van der Waals surface area contributed by atoms with E-state index in [-0.39, 0.29) is 9.27 Å². The lowest BCUT2D eigenvalue weighted by Gasteiger charge is -1.97. The fraction of sp³-hybridized carbons (Fsp3) is 0.500. The summed E-state index contributed by atoms with van der Waals surface area (Å²) in [4.78, 5) is 3.55. The van der Waals surface area contributed by atoms with Crippen molar-refractivity contribution in [1.82, 2.24) is 4.98 Å². The Morgan fingerprint density at radius 2 is 2.89 bits per heavy atom. The van der Waals surface area contributed by atoms with E-state index >= 15 is 0 Å². The van der Waals surface area contributed by atoms with Gasteiger partial charge in [-0.3, -0.25) is 0 Å². The molecule has 0 aliphatic heterocycles. The molecule has 0 fully saturated rings. The van der Waals surface area contributed by atoms with Gasteiger partial charge in [-0.2, -0.15) is 0 Å². The van der Waals surface area contributed by atoms with Gasteiger partial charge in [0.1, 0.15) is 0 Å². The molecule has 0 radical (unpaired) electrons. The minimum atomic E-state index is -3.07. The first-order chi connectivity index (χ1) is 7.41. The summed E-state index contributed by atoms with van der Waals surface area (Å²) in [6, 6.07) is 0. The summed E-state index contributed by atoms with van der Waals surface area (Å²) in [5.41, 5.74) is -0.676. The number of thiazole rings is 1. The van der Waals surface area contributed by atoms with Gasteiger partial charge in [0.05, 0.1) is 16.3 Å². The number of rotatable bonds is 1. The highest BCUT2D eigenvalue weighted by molar-refractivity contribution is 9.11. The van der Waals surface area contributed by atoms with Gasteiger partial charge in [0.15, 0.2) is 0 Å². The molecule has 0 N–H and O–H groups in total. The summed E-state index contributed by atoms with van der Waals surface area (Å²) in [6.07, 6.45) is 0. The zero-order valence-corrected chi connectivity index (χ0v) is 6.64. The standard InChI is InChI=1S/C6H8BrNS/c1-4(2)5-6(7)9-3-8-5/h3-4H,1-2H3/i1D3,2D3,3D,4D. The lowest BCUT2D eigenvalue weighted by atomic mass is 10.2. The van der Waals surface area contributed by atoms with Crippen LogP contribution in [0.2, 0.25) is 0 Å². The topological polar surface area (TPSA) is 12.9 Å². The number of halogens is 1. The van der Waals surface area contributed by atoms with E-state index in [4.69, 9.17) is 11.0 Å². The summed E-state index contributed by atoms with van der Waals surface area (Å²) >= 11 is 3.73. The van der Waals surface area contributed by atoms with E-state index in [1.165, 1.54) is 0 Å². The van der Waals surface area contributed by atoms with Crippen molar-refractivity contribution in [2.75, 3.05) is 0 Å². The molecule has 1 nitrogen and oxygen atoms in total. The first-order valence-electron chi connectivity index (χ1n) is 6.04. The number of hydrogen-bond acceptors (Lipinski definition) is 2. The molecule has 1 aromatic heterocycles. The van der Waals surface area contributed by atoms with E-state index in [9.17, 15) is 0 Å². The molecule has 0 aromatic carbocycles. The van der Waals surface area contributed by atoms with Gasteiger partial charge >= 0.3 is 0 Å². The number of nitrogens with zero attached hydrogens (tertiary/aromatic N) is 1. The zero-order chi connectivity index (χ0) is 13.6. The monoisotopic (exact) mass is 213 g/mol. The van der Waals surface area contributed by atoms with E-state index in [0.29, 0.717) is 0 Å². The van der Waals surface area contributed by atoms with Crippen LogP contribution in [0.25, 0.3) is 0 Å². The van der Waals surface area contributed by atoms with Crippen LogP contribution < -0.4 is 0 Å². The fourth-order valence-electron chi connectivity index (χ4n) is 0.355. The maximum absolute atomic E-state index is 7.82. The average Bonchev–Trinajstić information content (AvgIpc) is 2.40. The van der Waals surface area contributed by atoms with Crippen molar-refractivity contribution >= 4 is 27.3 Å². The van der Waals surface area contributed by atoms with Crippen molar-refractivity contribution in [3.8, 4) is 0 Å². The van der Waals surface area contributed by atoms with E-state index in [2.05, 4.69) is 20.9 Å². The van der Waals surface area contributed by atoms with Crippen LogP contribution in [0.4, 0.5) is 0 Å². The lowest BCUT2D eigenvalue weighted by Crippen LogP contribution is -1.86. The Morgan fingerprint density at radius 1 is 2.11 bits per heavy atom. The molecule has 0 atom stereocenters. The molecular weight excluding hydrogens is 198 g/mol. The van der Waals surface area contributed by atoms with E-state index in [0.717, 1.165) is 11.3 Å². The lowest BCUT2D eigenvalue weighted by molar-refractivity contribution is 0.828. The van der Waals surface area contributed by atoms with E-state index < -0.39 is 25.3 Å². The maximum Gasteiger partial charge on any atom is 0.0960 e. The third-order valence-electron chi connectivity index (χ3n) is 0.716. The third-order valence-corrected chi connectivity index (χ3v) is 2.13.